The highest BCUT2D eigenvalue weighted by atomic mass is 32.2. The van der Waals surface area contributed by atoms with Gasteiger partial charge in [0.25, 0.3) is 0 Å². The molecule has 2 amide bonds. The molecule has 0 aliphatic carbocycles. The fourth-order valence-electron chi connectivity index (χ4n) is 3.56. The number of anilines is 2. The molecule has 176 valence electrons. The Morgan fingerprint density at radius 2 is 1.76 bits per heavy atom. The van der Waals surface area contributed by atoms with Crippen molar-refractivity contribution >= 4 is 35.0 Å². The summed E-state index contributed by atoms with van der Waals surface area (Å²) >= 11 is 1.37. The van der Waals surface area contributed by atoms with Gasteiger partial charge in [0, 0.05) is 11.4 Å². The minimum atomic E-state index is -4.45. The van der Waals surface area contributed by atoms with Crippen LogP contribution in [0.15, 0.2) is 78.9 Å². The second-order valence-electron chi connectivity index (χ2n) is 7.62. The van der Waals surface area contributed by atoms with Gasteiger partial charge in [-0.1, -0.05) is 42.5 Å². The van der Waals surface area contributed by atoms with Gasteiger partial charge in [-0.2, -0.15) is 13.2 Å². The molecular formula is C25H21F3N2O3S. The SMILES string of the molecule is O=C(COCc1ccccc1)Nc1cccc([C@H]2SCC(=O)N2c2ccc(C(F)(F)F)cc2)c1. The molecule has 0 bridgehead atoms. The van der Waals surface area contributed by atoms with Gasteiger partial charge in [-0.15, -0.1) is 11.8 Å². The van der Waals surface area contributed by atoms with Crippen LogP contribution in [0.1, 0.15) is 22.1 Å². The maximum Gasteiger partial charge on any atom is 0.416 e. The van der Waals surface area contributed by atoms with Gasteiger partial charge >= 0.3 is 6.18 Å². The summed E-state index contributed by atoms with van der Waals surface area (Å²) in [6.07, 6.45) is -4.45. The number of rotatable bonds is 7. The molecular weight excluding hydrogens is 465 g/mol. The topological polar surface area (TPSA) is 58.6 Å². The van der Waals surface area contributed by atoms with E-state index in [0.717, 1.165) is 23.3 Å². The Morgan fingerprint density at radius 3 is 2.47 bits per heavy atom. The number of carbonyl (C=O) groups excluding carboxylic acids is 2. The van der Waals surface area contributed by atoms with Crippen LogP contribution >= 0.6 is 11.8 Å². The van der Waals surface area contributed by atoms with E-state index in [1.807, 2.05) is 36.4 Å². The number of alkyl halides is 3. The second kappa shape index (κ2) is 10.3. The summed E-state index contributed by atoms with van der Waals surface area (Å²) in [6.45, 7) is 0.199. The second-order valence-corrected chi connectivity index (χ2v) is 8.69. The number of hydrogen-bond acceptors (Lipinski definition) is 4. The fraction of sp³-hybridized carbons (Fsp3) is 0.200. The molecule has 0 unspecified atom stereocenters. The largest absolute Gasteiger partial charge is 0.416 e. The number of thioether (sulfide) groups is 1. The van der Waals surface area contributed by atoms with Crippen LogP contribution in [0.5, 0.6) is 0 Å². The molecule has 1 fully saturated rings. The molecule has 9 heteroatoms. The van der Waals surface area contributed by atoms with E-state index in [4.69, 9.17) is 4.74 Å². The van der Waals surface area contributed by atoms with Crippen molar-refractivity contribution < 1.29 is 27.5 Å². The van der Waals surface area contributed by atoms with Gasteiger partial charge in [-0.05, 0) is 47.5 Å². The Bertz CT molecular complexity index is 1150. The standard InChI is InChI=1S/C25H21F3N2O3S/c26-25(27,28)19-9-11-21(12-10-19)30-23(32)16-34-24(30)18-7-4-8-20(13-18)29-22(31)15-33-14-17-5-2-1-3-6-17/h1-13,24H,14-16H2,(H,29,31)/t24-/m1/s1. The van der Waals surface area contributed by atoms with E-state index in [1.54, 1.807) is 18.2 Å². The summed E-state index contributed by atoms with van der Waals surface area (Å²) < 4.78 is 44.2. The Labute approximate surface area is 198 Å². The molecule has 1 saturated heterocycles. The maximum absolute atomic E-state index is 12.9. The number of carbonyl (C=O) groups is 2. The van der Waals surface area contributed by atoms with Gasteiger partial charge in [0.1, 0.15) is 12.0 Å². The highest BCUT2D eigenvalue weighted by molar-refractivity contribution is 8.00. The van der Waals surface area contributed by atoms with Crippen molar-refractivity contribution in [3.05, 3.63) is 95.6 Å². The Hall–Kier alpha value is -3.30. The fourth-order valence-corrected chi connectivity index (χ4v) is 4.73. The van der Waals surface area contributed by atoms with Gasteiger partial charge in [-0.25, -0.2) is 0 Å². The number of benzene rings is 3. The van der Waals surface area contributed by atoms with Crippen LogP contribution in [0.2, 0.25) is 0 Å². The Morgan fingerprint density at radius 1 is 1.03 bits per heavy atom. The summed E-state index contributed by atoms with van der Waals surface area (Å²) in [5, 5.41) is 2.36. The normalized spacial score (nSPS) is 16.0. The highest BCUT2D eigenvalue weighted by Gasteiger charge is 2.35. The van der Waals surface area contributed by atoms with Crippen LogP contribution in [-0.2, 0) is 27.1 Å². The van der Waals surface area contributed by atoms with E-state index in [-0.39, 0.29) is 24.2 Å². The zero-order chi connectivity index (χ0) is 24.1. The number of nitrogens with zero attached hydrogens (tertiary/aromatic N) is 1. The van der Waals surface area contributed by atoms with Crippen molar-refractivity contribution in [3.8, 4) is 0 Å². The quantitative estimate of drug-likeness (QED) is 0.470. The first-order valence-electron chi connectivity index (χ1n) is 10.4. The molecule has 1 heterocycles. The van der Waals surface area contributed by atoms with E-state index in [9.17, 15) is 22.8 Å². The molecule has 0 aromatic heterocycles. The van der Waals surface area contributed by atoms with Crippen LogP contribution in [0.25, 0.3) is 0 Å². The number of nitrogens with one attached hydrogen (secondary N) is 1. The summed E-state index contributed by atoms with van der Waals surface area (Å²) in [5.41, 5.74) is 1.86. The molecule has 4 rings (SSSR count). The summed E-state index contributed by atoms with van der Waals surface area (Å²) in [5.74, 6) is -0.309. The van der Waals surface area contributed by atoms with E-state index >= 15 is 0 Å². The molecule has 5 nitrogen and oxygen atoms in total. The Kier molecular flexibility index (Phi) is 7.23. The molecule has 1 N–H and O–H groups in total. The molecule has 1 aliphatic heterocycles. The molecule has 0 spiro atoms. The number of hydrogen-bond donors (Lipinski definition) is 1. The third-order valence-electron chi connectivity index (χ3n) is 5.14. The van der Waals surface area contributed by atoms with Gasteiger partial charge in [-0.3, -0.25) is 14.5 Å². The third kappa shape index (κ3) is 5.78. The highest BCUT2D eigenvalue weighted by Crippen LogP contribution is 2.43. The number of halogens is 3. The van der Waals surface area contributed by atoms with Crippen molar-refractivity contribution in [3.63, 3.8) is 0 Å². The van der Waals surface area contributed by atoms with Crippen LogP contribution in [0, 0.1) is 0 Å². The van der Waals surface area contributed by atoms with E-state index in [2.05, 4.69) is 5.32 Å². The molecule has 1 atom stereocenters. The first kappa shape index (κ1) is 23.8. The van der Waals surface area contributed by atoms with E-state index in [1.165, 1.54) is 28.8 Å². The van der Waals surface area contributed by atoms with Crippen LogP contribution < -0.4 is 10.2 Å². The lowest BCUT2D eigenvalue weighted by atomic mass is 10.1. The van der Waals surface area contributed by atoms with E-state index < -0.39 is 17.1 Å². The van der Waals surface area contributed by atoms with Crippen molar-refractivity contribution in [1.29, 1.82) is 0 Å². The van der Waals surface area contributed by atoms with Gasteiger partial charge < -0.3 is 10.1 Å². The third-order valence-corrected chi connectivity index (χ3v) is 6.35. The zero-order valence-corrected chi connectivity index (χ0v) is 18.7. The monoisotopic (exact) mass is 486 g/mol. The van der Waals surface area contributed by atoms with Gasteiger partial charge in [0.2, 0.25) is 11.8 Å². The van der Waals surface area contributed by atoms with E-state index in [0.29, 0.717) is 18.0 Å². The minimum Gasteiger partial charge on any atom is -0.367 e. The van der Waals surface area contributed by atoms with Crippen LogP contribution in [-0.4, -0.2) is 24.2 Å². The van der Waals surface area contributed by atoms with Crippen molar-refractivity contribution in [1.82, 2.24) is 0 Å². The Balaban J connectivity index is 1.42. The smallest absolute Gasteiger partial charge is 0.367 e. The summed E-state index contributed by atoms with van der Waals surface area (Å²) in [7, 11) is 0. The van der Waals surface area contributed by atoms with Crippen molar-refractivity contribution in [2.45, 2.75) is 18.2 Å². The first-order valence-corrected chi connectivity index (χ1v) is 11.5. The lowest BCUT2D eigenvalue weighted by Gasteiger charge is -2.25. The van der Waals surface area contributed by atoms with Crippen LogP contribution in [0.4, 0.5) is 24.5 Å². The maximum atomic E-state index is 12.9. The molecule has 1 aliphatic rings. The zero-order valence-electron chi connectivity index (χ0n) is 17.9. The molecule has 3 aromatic rings. The lowest BCUT2D eigenvalue weighted by molar-refractivity contribution is -0.137. The van der Waals surface area contributed by atoms with Crippen LogP contribution in [0.3, 0.4) is 0 Å². The molecule has 0 saturated carbocycles. The van der Waals surface area contributed by atoms with Crippen molar-refractivity contribution in [2.24, 2.45) is 0 Å². The summed E-state index contributed by atoms with van der Waals surface area (Å²) in [6, 6.07) is 21.1. The predicted octanol–water partition coefficient (Wildman–Crippen LogP) is 5.64. The number of ether oxygens (including phenoxy) is 1. The number of amides is 2. The van der Waals surface area contributed by atoms with Gasteiger partial charge in [0.05, 0.1) is 17.9 Å². The average Bonchev–Trinajstić information content (AvgIpc) is 3.21. The van der Waals surface area contributed by atoms with Gasteiger partial charge in [0.15, 0.2) is 0 Å². The lowest BCUT2D eigenvalue weighted by Crippen LogP contribution is -2.28. The average molecular weight is 487 g/mol. The van der Waals surface area contributed by atoms with Crippen molar-refractivity contribution in [2.75, 3.05) is 22.6 Å². The minimum absolute atomic E-state index is 0.118. The predicted molar refractivity (Wildman–Crippen MR) is 125 cm³/mol. The molecule has 3 aromatic carbocycles. The molecule has 0 radical (unpaired) electrons. The summed E-state index contributed by atoms with van der Waals surface area (Å²) in [4.78, 5) is 26.3. The first-order chi connectivity index (χ1) is 16.3. The molecule has 34 heavy (non-hydrogen) atoms.